The van der Waals surface area contributed by atoms with Gasteiger partial charge in [-0.25, -0.2) is 0 Å². The van der Waals surface area contributed by atoms with E-state index in [1.54, 1.807) is 13.8 Å². The van der Waals surface area contributed by atoms with Gasteiger partial charge in [-0.2, -0.15) is 5.26 Å². The van der Waals surface area contributed by atoms with Crippen molar-refractivity contribution < 1.29 is 4.79 Å². The Labute approximate surface area is 109 Å². The summed E-state index contributed by atoms with van der Waals surface area (Å²) in [5, 5.41) is 11.6. The van der Waals surface area contributed by atoms with Crippen LogP contribution in [0.2, 0.25) is 0 Å². The molecular formula is C15H20N2O. The van der Waals surface area contributed by atoms with E-state index in [4.69, 9.17) is 5.26 Å². The number of rotatable bonds is 4. The van der Waals surface area contributed by atoms with Crippen LogP contribution in [0.25, 0.3) is 0 Å². The molecule has 0 unspecified atom stereocenters. The van der Waals surface area contributed by atoms with Gasteiger partial charge in [0.05, 0.1) is 6.07 Å². The summed E-state index contributed by atoms with van der Waals surface area (Å²) in [6.07, 6.45) is 0.363. The molecule has 3 nitrogen and oxygen atoms in total. The van der Waals surface area contributed by atoms with Gasteiger partial charge >= 0.3 is 0 Å². The Hall–Kier alpha value is -1.82. The molecule has 1 rings (SSSR count). The van der Waals surface area contributed by atoms with Crippen molar-refractivity contribution in [3.05, 3.63) is 35.9 Å². The van der Waals surface area contributed by atoms with Crippen molar-refractivity contribution in [3.8, 4) is 6.07 Å². The van der Waals surface area contributed by atoms with Crippen LogP contribution in [0.1, 0.15) is 39.7 Å². The van der Waals surface area contributed by atoms with E-state index in [0.717, 1.165) is 5.56 Å². The summed E-state index contributed by atoms with van der Waals surface area (Å²) in [6.45, 7) is 7.45. The molecule has 1 aromatic rings. The largest absolute Gasteiger partial charge is 0.338 e. The van der Waals surface area contributed by atoms with Gasteiger partial charge in [0.1, 0.15) is 5.54 Å². The van der Waals surface area contributed by atoms with E-state index in [1.165, 1.54) is 0 Å². The van der Waals surface area contributed by atoms with Crippen LogP contribution in [0, 0.1) is 11.3 Å². The van der Waals surface area contributed by atoms with Crippen molar-refractivity contribution in [1.29, 1.82) is 5.26 Å². The zero-order valence-corrected chi connectivity index (χ0v) is 11.4. The van der Waals surface area contributed by atoms with Gasteiger partial charge in [-0.1, -0.05) is 44.2 Å². The van der Waals surface area contributed by atoms with Crippen molar-refractivity contribution in [3.63, 3.8) is 0 Å². The molecule has 96 valence electrons. The molecule has 1 amide bonds. The van der Waals surface area contributed by atoms with Crippen LogP contribution in [0.15, 0.2) is 30.3 Å². The normalized spacial score (nSPS) is 11.7. The van der Waals surface area contributed by atoms with Crippen LogP contribution in [0.4, 0.5) is 0 Å². The second-order valence-electron chi connectivity index (χ2n) is 5.71. The first-order valence-electron chi connectivity index (χ1n) is 6.05. The Morgan fingerprint density at radius 3 is 2.28 bits per heavy atom. The van der Waals surface area contributed by atoms with Gasteiger partial charge in [-0.15, -0.1) is 0 Å². The summed E-state index contributed by atoms with van der Waals surface area (Å²) < 4.78 is 0. The summed E-state index contributed by atoms with van der Waals surface area (Å²) in [5.41, 5.74) is 0.0655. The van der Waals surface area contributed by atoms with Crippen LogP contribution in [-0.4, -0.2) is 11.4 Å². The molecule has 0 saturated carbocycles. The number of nitrogens with zero attached hydrogens (tertiary/aromatic N) is 1. The molecule has 0 heterocycles. The van der Waals surface area contributed by atoms with E-state index in [9.17, 15) is 4.79 Å². The van der Waals surface area contributed by atoms with Gasteiger partial charge in [-0.05, 0) is 24.8 Å². The number of nitrogens with one attached hydrogen (secondary N) is 1. The number of benzene rings is 1. The Kier molecular flexibility index (Phi) is 4.13. The third-order valence-electron chi connectivity index (χ3n) is 2.89. The van der Waals surface area contributed by atoms with Gasteiger partial charge in [0, 0.05) is 6.42 Å². The summed E-state index contributed by atoms with van der Waals surface area (Å²) >= 11 is 0. The second kappa shape index (κ2) is 5.22. The maximum atomic E-state index is 11.9. The van der Waals surface area contributed by atoms with Crippen molar-refractivity contribution >= 4 is 5.91 Å². The maximum Gasteiger partial charge on any atom is 0.222 e. The molecule has 0 aliphatic heterocycles. The standard InChI is InChI=1S/C15H20N2O/c1-14(2,12-8-6-5-7-9-12)10-13(18)17-15(3,4)11-16/h5-9H,10H2,1-4H3,(H,17,18). The predicted molar refractivity (Wildman–Crippen MR) is 71.9 cm³/mol. The zero-order valence-electron chi connectivity index (χ0n) is 11.4. The fraction of sp³-hybridized carbons (Fsp3) is 0.467. The van der Waals surface area contributed by atoms with Crippen LogP contribution >= 0.6 is 0 Å². The quantitative estimate of drug-likeness (QED) is 0.885. The Morgan fingerprint density at radius 1 is 1.22 bits per heavy atom. The van der Waals surface area contributed by atoms with Crippen LogP contribution in [0.3, 0.4) is 0 Å². The highest BCUT2D eigenvalue weighted by molar-refractivity contribution is 5.78. The summed E-state index contributed by atoms with van der Waals surface area (Å²) in [6, 6.07) is 12.0. The van der Waals surface area contributed by atoms with E-state index >= 15 is 0 Å². The van der Waals surface area contributed by atoms with Crippen LogP contribution < -0.4 is 5.32 Å². The van der Waals surface area contributed by atoms with E-state index in [1.807, 2.05) is 44.2 Å². The molecule has 0 radical (unpaired) electrons. The minimum absolute atomic E-state index is 0.101. The first kappa shape index (κ1) is 14.2. The Balaban J connectivity index is 2.73. The summed E-state index contributed by atoms with van der Waals surface area (Å²) in [7, 11) is 0. The molecule has 0 aromatic heterocycles. The number of carbonyl (C=O) groups is 1. The number of carbonyl (C=O) groups excluding carboxylic acids is 1. The molecule has 0 spiro atoms. The number of amides is 1. The third-order valence-corrected chi connectivity index (χ3v) is 2.89. The van der Waals surface area contributed by atoms with Gasteiger partial charge in [0.25, 0.3) is 0 Å². The Bertz CT molecular complexity index is 455. The second-order valence-corrected chi connectivity index (χ2v) is 5.71. The lowest BCUT2D eigenvalue weighted by atomic mass is 9.81. The highest BCUT2D eigenvalue weighted by Crippen LogP contribution is 2.26. The molecule has 0 atom stereocenters. The first-order valence-corrected chi connectivity index (χ1v) is 6.05. The lowest BCUT2D eigenvalue weighted by Crippen LogP contribution is -2.44. The SMILES string of the molecule is CC(C)(C#N)NC(=O)CC(C)(C)c1ccccc1. The monoisotopic (exact) mass is 244 g/mol. The first-order chi connectivity index (χ1) is 8.27. The summed E-state index contributed by atoms with van der Waals surface area (Å²) in [5.74, 6) is -0.101. The summed E-state index contributed by atoms with van der Waals surface area (Å²) in [4.78, 5) is 11.9. The highest BCUT2D eigenvalue weighted by atomic mass is 16.1. The van der Waals surface area contributed by atoms with E-state index in [0.29, 0.717) is 6.42 Å². The third kappa shape index (κ3) is 3.89. The smallest absolute Gasteiger partial charge is 0.222 e. The van der Waals surface area contributed by atoms with Crippen LogP contribution in [0.5, 0.6) is 0 Å². The predicted octanol–water partition coefficient (Wildman–Crippen LogP) is 2.77. The van der Waals surface area contributed by atoms with Crippen molar-refractivity contribution in [1.82, 2.24) is 5.32 Å². The minimum atomic E-state index is -0.816. The molecule has 1 N–H and O–H groups in total. The average molecular weight is 244 g/mol. The highest BCUT2D eigenvalue weighted by Gasteiger charge is 2.27. The zero-order chi connectivity index (χ0) is 13.8. The molecule has 1 aromatic carbocycles. The van der Waals surface area contributed by atoms with Crippen molar-refractivity contribution in [2.24, 2.45) is 0 Å². The fourth-order valence-electron chi connectivity index (χ4n) is 1.81. The average Bonchev–Trinajstić information content (AvgIpc) is 2.28. The molecule has 0 saturated heterocycles. The van der Waals surface area contributed by atoms with Gasteiger partial charge in [0.15, 0.2) is 0 Å². The number of hydrogen-bond acceptors (Lipinski definition) is 2. The van der Waals surface area contributed by atoms with Gasteiger partial charge in [0.2, 0.25) is 5.91 Å². The maximum absolute atomic E-state index is 11.9. The van der Waals surface area contributed by atoms with Gasteiger partial charge < -0.3 is 5.32 Å². The topological polar surface area (TPSA) is 52.9 Å². The van der Waals surface area contributed by atoms with Gasteiger partial charge in [-0.3, -0.25) is 4.79 Å². The number of hydrogen-bond donors (Lipinski definition) is 1. The van der Waals surface area contributed by atoms with Crippen molar-refractivity contribution in [2.75, 3.05) is 0 Å². The molecule has 0 bridgehead atoms. The Morgan fingerprint density at radius 2 is 1.78 bits per heavy atom. The molecular weight excluding hydrogens is 224 g/mol. The van der Waals surface area contributed by atoms with E-state index in [-0.39, 0.29) is 11.3 Å². The van der Waals surface area contributed by atoms with Crippen molar-refractivity contribution in [2.45, 2.75) is 45.1 Å². The minimum Gasteiger partial charge on any atom is -0.338 e. The molecule has 3 heteroatoms. The lowest BCUT2D eigenvalue weighted by Gasteiger charge is -2.26. The molecule has 0 aliphatic rings. The molecule has 0 aliphatic carbocycles. The molecule has 0 fully saturated rings. The fourth-order valence-corrected chi connectivity index (χ4v) is 1.81. The number of nitriles is 1. The van der Waals surface area contributed by atoms with Crippen LogP contribution in [-0.2, 0) is 10.2 Å². The lowest BCUT2D eigenvalue weighted by molar-refractivity contribution is -0.123. The molecule has 18 heavy (non-hydrogen) atoms. The van der Waals surface area contributed by atoms with E-state index in [2.05, 4.69) is 11.4 Å². The van der Waals surface area contributed by atoms with E-state index < -0.39 is 5.54 Å².